The third-order valence-electron chi connectivity index (χ3n) is 2.31. The van der Waals surface area contributed by atoms with E-state index in [2.05, 4.69) is 31.0 Å². The molecule has 3 rings (SSSR count). The summed E-state index contributed by atoms with van der Waals surface area (Å²) in [7, 11) is 0. The van der Waals surface area contributed by atoms with E-state index in [1.807, 2.05) is 0 Å². The second-order valence-electron chi connectivity index (χ2n) is 3.45. The maximum Gasteiger partial charge on any atom is 0.197 e. The highest BCUT2D eigenvalue weighted by Crippen LogP contribution is 2.38. The summed E-state index contributed by atoms with van der Waals surface area (Å²) in [5.74, 6) is 1.78. The zero-order chi connectivity index (χ0) is 9.71. The van der Waals surface area contributed by atoms with Gasteiger partial charge in [-0.15, -0.1) is 5.10 Å². The number of nitrogens with zero attached hydrogens (tertiary/aromatic N) is 4. The third kappa shape index (κ3) is 1.10. The van der Waals surface area contributed by atoms with E-state index >= 15 is 0 Å². The number of anilines is 1. The van der Waals surface area contributed by atoms with E-state index in [9.17, 15) is 0 Å². The van der Waals surface area contributed by atoms with E-state index in [0.717, 1.165) is 23.3 Å². The molecule has 0 amide bonds. The summed E-state index contributed by atoms with van der Waals surface area (Å²) in [5.41, 5.74) is 6.39. The van der Waals surface area contributed by atoms with Crippen LogP contribution in [0.15, 0.2) is 10.8 Å². The molecule has 1 saturated carbocycles. The molecule has 0 atom stereocenters. The molecule has 0 spiro atoms. The SMILES string of the molecule is Nc1nc(C2CC2)nn2c(Br)cnc12. The summed E-state index contributed by atoms with van der Waals surface area (Å²) in [4.78, 5) is 8.34. The van der Waals surface area contributed by atoms with Gasteiger partial charge in [0.1, 0.15) is 4.60 Å². The molecule has 5 nitrogen and oxygen atoms in total. The minimum Gasteiger partial charge on any atom is -0.380 e. The van der Waals surface area contributed by atoms with Gasteiger partial charge in [-0.3, -0.25) is 0 Å². The van der Waals surface area contributed by atoms with Crippen molar-refractivity contribution in [1.82, 2.24) is 19.6 Å². The van der Waals surface area contributed by atoms with Crippen LogP contribution in [0.25, 0.3) is 5.65 Å². The highest BCUT2D eigenvalue weighted by molar-refractivity contribution is 9.10. The molecular weight excluding hydrogens is 246 g/mol. The Bertz CT molecular complexity index is 502. The zero-order valence-corrected chi connectivity index (χ0v) is 8.90. The second-order valence-corrected chi connectivity index (χ2v) is 4.26. The Labute approximate surface area is 88.5 Å². The molecular formula is C8H8BrN5. The molecule has 72 valence electrons. The predicted molar refractivity (Wildman–Crippen MR) is 54.9 cm³/mol. The lowest BCUT2D eigenvalue weighted by Crippen LogP contribution is -2.05. The fraction of sp³-hybridized carbons (Fsp3) is 0.375. The third-order valence-corrected chi connectivity index (χ3v) is 2.85. The Morgan fingerprint density at radius 3 is 3.00 bits per heavy atom. The fourth-order valence-corrected chi connectivity index (χ4v) is 1.76. The van der Waals surface area contributed by atoms with Crippen LogP contribution in [0.1, 0.15) is 24.6 Å². The first-order valence-corrected chi connectivity index (χ1v) is 5.21. The van der Waals surface area contributed by atoms with Crippen LogP contribution < -0.4 is 5.73 Å². The predicted octanol–water partition coefficient (Wildman–Crippen LogP) is 1.35. The number of hydrogen-bond acceptors (Lipinski definition) is 4. The van der Waals surface area contributed by atoms with Gasteiger partial charge in [0.2, 0.25) is 0 Å². The summed E-state index contributed by atoms with van der Waals surface area (Å²) in [6.07, 6.45) is 4.01. The molecule has 1 aliphatic carbocycles. The molecule has 1 fully saturated rings. The quantitative estimate of drug-likeness (QED) is 0.833. The molecule has 0 radical (unpaired) electrons. The van der Waals surface area contributed by atoms with Crippen LogP contribution in [0.2, 0.25) is 0 Å². The van der Waals surface area contributed by atoms with Crippen molar-refractivity contribution in [2.75, 3.05) is 5.73 Å². The number of halogens is 1. The second kappa shape index (κ2) is 2.66. The van der Waals surface area contributed by atoms with Crippen LogP contribution in [-0.2, 0) is 0 Å². The van der Waals surface area contributed by atoms with E-state index in [1.165, 1.54) is 0 Å². The largest absolute Gasteiger partial charge is 0.380 e. The van der Waals surface area contributed by atoms with Crippen molar-refractivity contribution in [2.24, 2.45) is 0 Å². The highest BCUT2D eigenvalue weighted by Gasteiger charge is 2.28. The number of aromatic nitrogens is 4. The molecule has 14 heavy (non-hydrogen) atoms. The van der Waals surface area contributed by atoms with Crippen molar-refractivity contribution in [3.8, 4) is 0 Å². The number of imidazole rings is 1. The Hall–Kier alpha value is -1.17. The lowest BCUT2D eigenvalue weighted by Gasteiger charge is -2.01. The Morgan fingerprint density at radius 2 is 2.29 bits per heavy atom. The van der Waals surface area contributed by atoms with Crippen molar-refractivity contribution in [3.05, 3.63) is 16.6 Å². The number of rotatable bonds is 1. The Morgan fingerprint density at radius 1 is 1.50 bits per heavy atom. The summed E-state index contributed by atoms with van der Waals surface area (Å²) < 4.78 is 2.50. The highest BCUT2D eigenvalue weighted by atomic mass is 79.9. The van der Waals surface area contributed by atoms with Crippen LogP contribution in [0.5, 0.6) is 0 Å². The maximum atomic E-state index is 5.78. The van der Waals surface area contributed by atoms with Gasteiger partial charge in [-0.1, -0.05) is 0 Å². The van der Waals surface area contributed by atoms with E-state index < -0.39 is 0 Å². The average Bonchev–Trinajstić information content (AvgIpc) is 2.93. The van der Waals surface area contributed by atoms with Gasteiger partial charge < -0.3 is 5.73 Å². The van der Waals surface area contributed by atoms with Gasteiger partial charge in [-0.05, 0) is 28.8 Å². The average molecular weight is 254 g/mol. The molecule has 0 unspecified atom stereocenters. The summed E-state index contributed by atoms with van der Waals surface area (Å²) in [5, 5.41) is 4.37. The van der Waals surface area contributed by atoms with Crippen LogP contribution in [0.4, 0.5) is 5.82 Å². The monoisotopic (exact) mass is 253 g/mol. The standard InChI is InChI=1S/C8H8BrN5/c9-5-3-11-8-6(10)12-7(4-1-2-4)13-14(5)8/h3-4H,1-2H2,(H2,10,12,13). The van der Waals surface area contributed by atoms with Crippen LogP contribution in [0, 0.1) is 0 Å². The van der Waals surface area contributed by atoms with E-state index in [0.29, 0.717) is 17.4 Å². The lowest BCUT2D eigenvalue weighted by atomic mass is 10.4. The first-order chi connectivity index (χ1) is 6.75. The Balaban J connectivity index is 2.30. The fourth-order valence-electron chi connectivity index (χ4n) is 1.41. The molecule has 0 aliphatic heterocycles. The first-order valence-electron chi connectivity index (χ1n) is 4.42. The molecule has 0 aromatic carbocycles. The molecule has 2 N–H and O–H groups in total. The van der Waals surface area contributed by atoms with E-state index in [-0.39, 0.29) is 0 Å². The number of nitrogen functional groups attached to an aromatic ring is 1. The van der Waals surface area contributed by atoms with Gasteiger partial charge in [0.25, 0.3) is 0 Å². The molecule has 2 aromatic heterocycles. The number of hydrogen-bond donors (Lipinski definition) is 1. The normalized spacial score (nSPS) is 16.4. The maximum absolute atomic E-state index is 5.78. The topological polar surface area (TPSA) is 69.1 Å². The smallest absolute Gasteiger partial charge is 0.197 e. The van der Waals surface area contributed by atoms with E-state index in [4.69, 9.17) is 5.73 Å². The summed E-state index contributed by atoms with van der Waals surface area (Å²) in [6, 6.07) is 0. The van der Waals surface area contributed by atoms with Crippen LogP contribution in [0.3, 0.4) is 0 Å². The molecule has 1 aliphatic rings. The number of nitrogens with two attached hydrogens (primary N) is 1. The van der Waals surface area contributed by atoms with Gasteiger partial charge in [-0.25, -0.2) is 14.5 Å². The molecule has 0 saturated heterocycles. The summed E-state index contributed by atoms with van der Waals surface area (Å²) >= 11 is 3.36. The number of fused-ring (bicyclic) bond motifs is 1. The minimum atomic E-state index is 0.451. The van der Waals surface area contributed by atoms with Crippen molar-refractivity contribution in [1.29, 1.82) is 0 Å². The lowest BCUT2D eigenvalue weighted by molar-refractivity contribution is 0.796. The first kappa shape index (κ1) is 8.16. The van der Waals surface area contributed by atoms with Gasteiger partial charge in [0.05, 0.1) is 6.20 Å². The Kier molecular flexibility index (Phi) is 1.55. The van der Waals surface area contributed by atoms with Crippen molar-refractivity contribution < 1.29 is 0 Å². The van der Waals surface area contributed by atoms with Crippen molar-refractivity contribution in [2.45, 2.75) is 18.8 Å². The van der Waals surface area contributed by atoms with Gasteiger partial charge in [-0.2, -0.15) is 0 Å². The van der Waals surface area contributed by atoms with Crippen LogP contribution in [-0.4, -0.2) is 19.6 Å². The molecule has 2 heterocycles. The van der Waals surface area contributed by atoms with Crippen molar-refractivity contribution in [3.63, 3.8) is 0 Å². The van der Waals surface area contributed by atoms with E-state index in [1.54, 1.807) is 10.7 Å². The summed E-state index contributed by atoms with van der Waals surface area (Å²) in [6.45, 7) is 0. The molecule has 2 aromatic rings. The molecule has 6 heteroatoms. The minimum absolute atomic E-state index is 0.451. The molecule has 0 bridgehead atoms. The van der Waals surface area contributed by atoms with Crippen LogP contribution >= 0.6 is 15.9 Å². The van der Waals surface area contributed by atoms with Crippen molar-refractivity contribution >= 4 is 27.4 Å². The zero-order valence-electron chi connectivity index (χ0n) is 7.31. The van der Waals surface area contributed by atoms with Gasteiger partial charge in [0.15, 0.2) is 17.3 Å². The van der Waals surface area contributed by atoms with Gasteiger partial charge >= 0.3 is 0 Å². The van der Waals surface area contributed by atoms with Gasteiger partial charge in [0, 0.05) is 5.92 Å².